The summed E-state index contributed by atoms with van der Waals surface area (Å²) in [7, 11) is 0. The summed E-state index contributed by atoms with van der Waals surface area (Å²) >= 11 is -2.03. The number of amides is 5. The van der Waals surface area contributed by atoms with Crippen molar-refractivity contribution < 1.29 is 51.1 Å². The van der Waals surface area contributed by atoms with Gasteiger partial charge in [0.05, 0.1) is 39.6 Å². The molecule has 0 saturated carbocycles. The molecule has 0 radical (unpaired) electrons. The summed E-state index contributed by atoms with van der Waals surface area (Å²) in [4.78, 5) is 86.2. The highest BCUT2D eigenvalue weighted by molar-refractivity contribution is 8.28. The molecule has 330 valence electrons. The zero-order valence-electron chi connectivity index (χ0n) is 34.3. The van der Waals surface area contributed by atoms with Crippen LogP contribution in [-0.4, -0.2) is 98.8 Å². The number of imide groups is 2. The highest BCUT2D eigenvalue weighted by Gasteiger charge is 2.49. The van der Waals surface area contributed by atoms with Crippen LogP contribution in [0.4, 0.5) is 23.2 Å². The monoisotopic (exact) mass is 889 g/mol. The number of hydrogen-bond donors (Lipinski definition) is 3. The fourth-order valence-electron chi connectivity index (χ4n) is 9.75. The predicted molar refractivity (Wildman–Crippen MR) is 219 cm³/mol. The van der Waals surface area contributed by atoms with Crippen LogP contribution in [0, 0.1) is 17.1 Å². The van der Waals surface area contributed by atoms with Gasteiger partial charge in [-0.1, -0.05) is 11.1 Å². The number of carbonyl (C=O) groups excluding carboxylic acids is 6. The highest BCUT2D eigenvalue weighted by Crippen LogP contribution is 2.49. The van der Waals surface area contributed by atoms with E-state index in [1.165, 1.54) is 29.3 Å². The van der Waals surface area contributed by atoms with E-state index >= 15 is 4.39 Å². The second kappa shape index (κ2) is 15.5. The number of alkyl halides is 3. The number of likely N-dealkylation sites (tertiary alicyclic amines) is 2. The van der Waals surface area contributed by atoms with Gasteiger partial charge in [-0.05, 0) is 113 Å². The van der Waals surface area contributed by atoms with Crippen molar-refractivity contribution in [1.82, 2.24) is 24.8 Å². The number of thiol groups is 1. The van der Waals surface area contributed by atoms with E-state index in [4.69, 9.17) is 4.74 Å². The van der Waals surface area contributed by atoms with Gasteiger partial charge in [-0.25, -0.2) is 4.39 Å². The van der Waals surface area contributed by atoms with E-state index in [1.807, 2.05) is 0 Å². The largest absolute Gasteiger partial charge is 0.487 e. The molecule has 6 aliphatic rings. The van der Waals surface area contributed by atoms with E-state index in [0.717, 1.165) is 61.0 Å². The zero-order chi connectivity index (χ0) is 44.7. The van der Waals surface area contributed by atoms with Crippen LogP contribution in [0.1, 0.15) is 107 Å². The molecule has 6 aliphatic heterocycles. The minimum Gasteiger partial charge on any atom is -0.487 e. The van der Waals surface area contributed by atoms with Gasteiger partial charge in [0.1, 0.15) is 28.7 Å². The van der Waals surface area contributed by atoms with Gasteiger partial charge >= 0.3 is 6.18 Å². The summed E-state index contributed by atoms with van der Waals surface area (Å²) in [5.41, 5.74) is -2.14. The summed E-state index contributed by atoms with van der Waals surface area (Å²) < 4.78 is 63.6. The van der Waals surface area contributed by atoms with Gasteiger partial charge in [-0.15, -0.1) is 0 Å². The first-order valence-corrected chi connectivity index (χ1v) is 22.2. The molecule has 9 rings (SSSR count). The lowest BCUT2D eigenvalue weighted by atomic mass is 9.82. The molecular formula is C44H43F4N7O7S. The number of aryl methyl sites for hydroxylation is 1. The van der Waals surface area contributed by atoms with Gasteiger partial charge in [0, 0.05) is 43.5 Å². The molecule has 19 heteroatoms. The zero-order valence-corrected chi connectivity index (χ0v) is 35.2. The molecule has 3 aromatic carbocycles. The van der Waals surface area contributed by atoms with Crippen LogP contribution in [0.2, 0.25) is 0 Å². The maximum absolute atomic E-state index is 15.8. The van der Waals surface area contributed by atoms with Gasteiger partial charge in [-0.3, -0.25) is 48.9 Å². The average Bonchev–Trinajstić information content (AvgIpc) is 3.64. The number of nitrogens with one attached hydrogen (secondary N) is 2. The minimum atomic E-state index is -4.81. The third-order valence-electron chi connectivity index (χ3n) is 13.4. The topological polar surface area (TPSA) is 172 Å². The van der Waals surface area contributed by atoms with E-state index < -0.39 is 86.0 Å². The Morgan fingerprint density at radius 3 is 2.24 bits per heavy atom. The number of halogens is 4. The van der Waals surface area contributed by atoms with Crippen molar-refractivity contribution in [3.05, 3.63) is 87.7 Å². The van der Waals surface area contributed by atoms with Crippen molar-refractivity contribution in [3.63, 3.8) is 0 Å². The minimum absolute atomic E-state index is 0.0365. The van der Waals surface area contributed by atoms with Crippen LogP contribution in [-0.2, 0) is 27.0 Å². The summed E-state index contributed by atoms with van der Waals surface area (Å²) in [6.07, 6.45) is -0.504. The highest BCUT2D eigenvalue weighted by atomic mass is 32.2. The number of hydrazine groups is 1. The van der Waals surface area contributed by atoms with E-state index in [9.17, 15) is 47.2 Å². The SMILES string of the molecule is CC1(C)C(=O)[SH](c2ccc(C#N)c(C(F)(F)F)c2)NN1c1ccc(C(=O)N2CCC(N3CCC4(CCc5cc6c(cc5O4)C(=O)N(C4CCC(=O)NC4=O)C6=O)CC3)CC2)c(F)c1. The van der Waals surface area contributed by atoms with E-state index in [0.29, 0.717) is 38.1 Å². The summed E-state index contributed by atoms with van der Waals surface area (Å²) in [6, 6.07) is 11.1. The van der Waals surface area contributed by atoms with E-state index in [2.05, 4.69) is 15.0 Å². The fourth-order valence-corrected chi connectivity index (χ4v) is 11.9. The maximum Gasteiger partial charge on any atom is 0.417 e. The van der Waals surface area contributed by atoms with E-state index in [-0.39, 0.29) is 46.2 Å². The number of carbonyl (C=O) groups is 6. The summed E-state index contributed by atoms with van der Waals surface area (Å²) in [5.74, 6) is -2.96. The van der Waals surface area contributed by atoms with Crippen LogP contribution in [0.3, 0.4) is 0 Å². The van der Waals surface area contributed by atoms with Crippen molar-refractivity contribution in [1.29, 1.82) is 5.26 Å². The molecule has 63 heavy (non-hydrogen) atoms. The Labute approximate surface area is 361 Å². The van der Waals surface area contributed by atoms with Crippen molar-refractivity contribution in [2.75, 3.05) is 31.2 Å². The number of rotatable bonds is 5. The van der Waals surface area contributed by atoms with Crippen molar-refractivity contribution in [2.45, 2.75) is 99.5 Å². The number of nitriles is 1. The second-order valence-electron chi connectivity index (χ2n) is 17.4. The van der Waals surface area contributed by atoms with Crippen LogP contribution in [0.15, 0.2) is 53.4 Å². The molecule has 0 bridgehead atoms. The Balaban J connectivity index is 0.802. The molecule has 0 aliphatic carbocycles. The standard InChI is InChI=1S/C44H43F4N7O7S/c1-42(2)41(61)63(28-5-3-25(23-49)32(21-28)44(46,47)48)51-55(42)27-4-6-29(33(45)20-27)38(58)53-15-10-26(11-16-53)52-17-13-43(14-18-52)12-9-24-19-30-31(22-35(24)62-43)40(60)54(39(30)59)34-7-8-36(56)50-37(34)57/h3-6,19-22,26,34,51,63H,7-18H2,1-2H3,(H,50,56,57). The number of benzene rings is 3. The molecule has 0 aromatic heterocycles. The lowest BCUT2D eigenvalue weighted by molar-refractivity contribution is -0.138. The van der Waals surface area contributed by atoms with Crippen LogP contribution in [0.5, 0.6) is 5.75 Å². The molecule has 4 saturated heterocycles. The first kappa shape index (κ1) is 42.5. The van der Waals surface area contributed by atoms with Gasteiger partial charge in [-0.2, -0.15) is 23.3 Å². The first-order valence-electron chi connectivity index (χ1n) is 20.8. The van der Waals surface area contributed by atoms with Crippen LogP contribution < -0.4 is 19.9 Å². The summed E-state index contributed by atoms with van der Waals surface area (Å²) in [5, 5.41) is 12.4. The fraction of sp³-hybridized carbons (Fsp3) is 0.432. The Bertz CT molecular complexity index is 2550. The Morgan fingerprint density at radius 1 is 0.889 bits per heavy atom. The molecule has 5 amide bonds. The van der Waals surface area contributed by atoms with Crippen LogP contribution in [0.25, 0.3) is 0 Å². The number of nitrogens with zero attached hydrogens (tertiary/aromatic N) is 5. The first-order chi connectivity index (χ1) is 29.9. The molecule has 2 unspecified atom stereocenters. The number of fused-ring (bicyclic) bond motifs is 2. The molecule has 1 spiro atoms. The van der Waals surface area contributed by atoms with Crippen molar-refractivity contribution >= 4 is 51.4 Å². The Hall–Kier alpha value is -5.84. The number of ether oxygens (including phenoxy) is 1. The number of hydrogen-bond acceptors (Lipinski definition) is 11. The molecule has 2 atom stereocenters. The lowest BCUT2D eigenvalue weighted by Gasteiger charge is -2.48. The predicted octanol–water partition coefficient (Wildman–Crippen LogP) is 5.19. The van der Waals surface area contributed by atoms with Gasteiger partial charge < -0.3 is 9.64 Å². The molecular weight excluding hydrogens is 847 g/mol. The lowest BCUT2D eigenvalue weighted by Crippen LogP contribution is -2.54. The normalized spacial score (nSPS) is 24.3. The van der Waals surface area contributed by atoms with Gasteiger partial charge in [0.15, 0.2) is 0 Å². The van der Waals surface area contributed by atoms with Crippen LogP contribution >= 0.6 is 11.1 Å². The molecule has 2 N–H and O–H groups in total. The quantitative estimate of drug-likeness (QED) is 0.175. The molecule has 3 aromatic rings. The van der Waals surface area contributed by atoms with Gasteiger partial charge in [0.25, 0.3) is 17.7 Å². The Kier molecular flexibility index (Phi) is 10.4. The van der Waals surface area contributed by atoms with Crippen molar-refractivity contribution in [3.8, 4) is 11.8 Å². The second-order valence-corrected chi connectivity index (χ2v) is 19.2. The molecule has 14 nitrogen and oxygen atoms in total. The molecule has 4 fully saturated rings. The molecule has 6 heterocycles. The maximum atomic E-state index is 15.8. The third-order valence-corrected chi connectivity index (χ3v) is 15.5. The smallest absolute Gasteiger partial charge is 0.417 e. The third kappa shape index (κ3) is 7.31. The van der Waals surface area contributed by atoms with E-state index in [1.54, 1.807) is 30.9 Å². The van der Waals surface area contributed by atoms with Gasteiger partial charge in [0.2, 0.25) is 16.9 Å². The summed E-state index contributed by atoms with van der Waals surface area (Å²) in [6.45, 7) is 5.46. The average molecular weight is 890 g/mol. The Morgan fingerprint density at radius 2 is 1.59 bits per heavy atom. The van der Waals surface area contributed by atoms with Crippen molar-refractivity contribution in [2.24, 2.45) is 0 Å². The number of anilines is 1. The number of piperidine rings is 3.